The van der Waals surface area contributed by atoms with E-state index in [4.69, 9.17) is 15.2 Å². The van der Waals surface area contributed by atoms with E-state index in [-0.39, 0.29) is 17.9 Å². The summed E-state index contributed by atoms with van der Waals surface area (Å²) in [6, 6.07) is 0. The van der Waals surface area contributed by atoms with E-state index in [0.29, 0.717) is 32.0 Å². The quantitative estimate of drug-likeness (QED) is 0.608. The van der Waals surface area contributed by atoms with Crippen molar-refractivity contribution in [2.24, 2.45) is 17.6 Å². The number of carbonyl (C=O) groups is 1. The third kappa shape index (κ3) is 8.44. The maximum absolute atomic E-state index is 11.8. The van der Waals surface area contributed by atoms with Gasteiger partial charge >= 0.3 is 0 Å². The number of hydrogen-bond acceptors (Lipinski definition) is 4. The molecule has 18 heavy (non-hydrogen) atoms. The van der Waals surface area contributed by atoms with Gasteiger partial charge in [-0.3, -0.25) is 4.79 Å². The van der Waals surface area contributed by atoms with Gasteiger partial charge < -0.3 is 20.5 Å². The minimum Gasteiger partial charge on any atom is -0.382 e. The van der Waals surface area contributed by atoms with Crippen LogP contribution in [-0.4, -0.2) is 45.9 Å². The van der Waals surface area contributed by atoms with Crippen molar-refractivity contribution in [2.45, 2.75) is 32.8 Å². The molecule has 0 saturated carbocycles. The Labute approximate surface area is 110 Å². The van der Waals surface area contributed by atoms with Crippen LogP contribution in [0.5, 0.6) is 0 Å². The van der Waals surface area contributed by atoms with Crippen LogP contribution in [0.4, 0.5) is 0 Å². The zero-order valence-corrected chi connectivity index (χ0v) is 12.1. The van der Waals surface area contributed by atoms with E-state index in [1.807, 2.05) is 0 Å². The number of hydrogen-bond donors (Lipinski definition) is 2. The Kier molecular flexibility index (Phi) is 9.92. The van der Waals surface area contributed by atoms with Crippen molar-refractivity contribution in [2.75, 3.05) is 33.9 Å². The summed E-state index contributed by atoms with van der Waals surface area (Å²) in [5.74, 6) is 0.851. The van der Waals surface area contributed by atoms with E-state index < -0.39 is 0 Å². The number of nitrogens with two attached hydrogens (primary N) is 1. The highest BCUT2D eigenvalue weighted by Crippen LogP contribution is 2.13. The summed E-state index contributed by atoms with van der Waals surface area (Å²) in [7, 11) is 3.22. The molecular weight excluding hydrogens is 232 g/mol. The Bertz CT molecular complexity index is 222. The predicted octanol–water partition coefficient (Wildman–Crippen LogP) is 0.775. The van der Waals surface area contributed by atoms with E-state index in [1.54, 1.807) is 14.2 Å². The lowest BCUT2D eigenvalue weighted by molar-refractivity contribution is -0.122. The molecule has 1 amide bonds. The van der Waals surface area contributed by atoms with Gasteiger partial charge in [0.15, 0.2) is 0 Å². The zero-order chi connectivity index (χ0) is 14.0. The molecule has 0 aromatic rings. The normalized spacial score (nSPS) is 14.6. The van der Waals surface area contributed by atoms with Crippen LogP contribution in [0.1, 0.15) is 26.7 Å². The SMILES string of the molecule is COCC(CNC(=O)CC(CN)CC(C)C)OC. The standard InChI is InChI=1S/C13H28N2O3/c1-10(2)5-11(7-14)6-13(16)15-8-12(18-4)9-17-3/h10-12H,5-9,14H2,1-4H3,(H,15,16). The van der Waals surface area contributed by atoms with E-state index in [2.05, 4.69) is 19.2 Å². The summed E-state index contributed by atoms with van der Waals surface area (Å²) < 4.78 is 10.2. The number of carbonyl (C=O) groups excluding carboxylic acids is 1. The molecule has 5 heteroatoms. The molecule has 2 atom stereocenters. The fourth-order valence-electron chi connectivity index (χ4n) is 1.89. The molecule has 0 bridgehead atoms. The van der Waals surface area contributed by atoms with E-state index >= 15 is 0 Å². The first-order chi connectivity index (χ1) is 8.53. The van der Waals surface area contributed by atoms with Crippen LogP contribution in [0.25, 0.3) is 0 Å². The lowest BCUT2D eigenvalue weighted by atomic mass is 9.94. The molecule has 0 radical (unpaired) electrons. The van der Waals surface area contributed by atoms with Gasteiger partial charge in [-0.15, -0.1) is 0 Å². The van der Waals surface area contributed by atoms with Crippen molar-refractivity contribution >= 4 is 5.91 Å². The van der Waals surface area contributed by atoms with Crippen molar-refractivity contribution in [3.05, 3.63) is 0 Å². The molecule has 3 N–H and O–H groups in total. The molecule has 0 aromatic heterocycles. The van der Waals surface area contributed by atoms with E-state index in [1.165, 1.54) is 0 Å². The Hall–Kier alpha value is -0.650. The monoisotopic (exact) mass is 260 g/mol. The number of amides is 1. The maximum Gasteiger partial charge on any atom is 0.220 e. The minimum atomic E-state index is -0.0969. The van der Waals surface area contributed by atoms with Gasteiger partial charge in [-0.05, 0) is 24.8 Å². The molecule has 0 heterocycles. The van der Waals surface area contributed by atoms with Gasteiger partial charge in [0.25, 0.3) is 0 Å². The number of rotatable bonds is 10. The molecule has 0 aliphatic heterocycles. The summed E-state index contributed by atoms with van der Waals surface area (Å²) in [5.41, 5.74) is 5.67. The largest absolute Gasteiger partial charge is 0.382 e. The van der Waals surface area contributed by atoms with Crippen molar-refractivity contribution in [1.82, 2.24) is 5.32 Å². The lowest BCUT2D eigenvalue weighted by Crippen LogP contribution is -2.37. The van der Waals surface area contributed by atoms with Gasteiger partial charge in [0, 0.05) is 27.2 Å². The second-order valence-corrected chi connectivity index (χ2v) is 5.05. The van der Waals surface area contributed by atoms with Gasteiger partial charge in [-0.1, -0.05) is 13.8 Å². The molecule has 2 unspecified atom stereocenters. The first-order valence-corrected chi connectivity index (χ1v) is 6.51. The second kappa shape index (κ2) is 10.3. The van der Waals surface area contributed by atoms with Crippen molar-refractivity contribution in [3.8, 4) is 0 Å². The molecule has 0 spiro atoms. The molecular formula is C13H28N2O3. The average Bonchev–Trinajstić information content (AvgIpc) is 2.32. The van der Waals surface area contributed by atoms with Gasteiger partial charge in [0.1, 0.15) is 0 Å². The summed E-state index contributed by atoms with van der Waals surface area (Å²) in [6.07, 6.45) is 1.37. The molecule has 0 saturated heterocycles. The van der Waals surface area contributed by atoms with Crippen LogP contribution in [0.3, 0.4) is 0 Å². The number of ether oxygens (including phenoxy) is 2. The fraction of sp³-hybridized carbons (Fsp3) is 0.923. The van der Waals surface area contributed by atoms with Gasteiger partial charge in [-0.2, -0.15) is 0 Å². The summed E-state index contributed by atoms with van der Waals surface area (Å²) >= 11 is 0. The minimum absolute atomic E-state index is 0.0317. The van der Waals surface area contributed by atoms with Crippen molar-refractivity contribution < 1.29 is 14.3 Å². The molecule has 5 nitrogen and oxygen atoms in total. The van der Waals surface area contributed by atoms with Crippen molar-refractivity contribution in [3.63, 3.8) is 0 Å². The van der Waals surface area contributed by atoms with Crippen LogP contribution in [0.2, 0.25) is 0 Å². The smallest absolute Gasteiger partial charge is 0.220 e. The molecule has 108 valence electrons. The Morgan fingerprint density at radius 1 is 1.33 bits per heavy atom. The summed E-state index contributed by atoms with van der Waals surface area (Å²) in [5, 5.41) is 2.86. The fourth-order valence-corrected chi connectivity index (χ4v) is 1.89. The van der Waals surface area contributed by atoms with E-state index in [0.717, 1.165) is 6.42 Å². The molecule has 0 aliphatic rings. The lowest BCUT2D eigenvalue weighted by Gasteiger charge is -2.18. The van der Waals surface area contributed by atoms with Crippen LogP contribution in [0.15, 0.2) is 0 Å². The molecule has 0 aliphatic carbocycles. The Morgan fingerprint density at radius 3 is 2.44 bits per heavy atom. The molecule has 0 fully saturated rings. The predicted molar refractivity (Wildman–Crippen MR) is 72.3 cm³/mol. The van der Waals surface area contributed by atoms with Gasteiger partial charge in [0.05, 0.1) is 12.7 Å². The third-order valence-electron chi connectivity index (χ3n) is 2.82. The number of methoxy groups -OCH3 is 2. The van der Waals surface area contributed by atoms with Crippen LogP contribution in [-0.2, 0) is 14.3 Å². The van der Waals surface area contributed by atoms with Crippen LogP contribution in [0, 0.1) is 11.8 Å². The van der Waals surface area contributed by atoms with E-state index in [9.17, 15) is 4.79 Å². The second-order valence-electron chi connectivity index (χ2n) is 5.05. The van der Waals surface area contributed by atoms with Gasteiger partial charge in [-0.25, -0.2) is 0 Å². The summed E-state index contributed by atoms with van der Waals surface area (Å²) in [6.45, 7) is 5.78. The number of nitrogens with one attached hydrogen (secondary N) is 1. The first kappa shape index (κ1) is 17.4. The summed E-state index contributed by atoms with van der Waals surface area (Å²) in [4.78, 5) is 11.8. The molecule has 0 aromatic carbocycles. The van der Waals surface area contributed by atoms with Crippen LogP contribution < -0.4 is 11.1 Å². The highest BCUT2D eigenvalue weighted by molar-refractivity contribution is 5.76. The van der Waals surface area contributed by atoms with Gasteiger partial charge in [0.2, 0.25) is 5.91 Å². The Balaban J connectivity index is 3.93. The zero-order valence-electron chi connectivity index (χ0n) is 12.1. The highest BCUT2D eigenvalue weighted by atomic mass is 16.5. The van der Waals surface area contributed by atoms with Crippen molar-refractivity contribution in [1.29, 1.82) is 0 Å². The third-order valence-corrected chi connectivity index (χ3v) is 2.82. The first-order valence-electron chi connectivity index (χ1n) is 6.51. The average molecular weight is 260 g/mol. The molecule has 0 rings (SSSR count). The Morgan fingerprint density at radius 2 is 2.00 bits per heavy atom. The van der Waals surface area contributed by atoms with Crippen LogP contribution >= 0.6 is 0 Å². The maximum atomic E-state index is 11.8. The topological polar surface area (TPSA) is 73.6 Å². The highest BCUT2D eigenvalue weighted by Gasteiger charge is 2.15.